The Morgan fingerprint density at radius 3 is 2.27 bits per heavy atom. The summed E-state index contributed by atoms with van der Waals surface area (Å²) in [5.74, 6) is -0.724. The number of nitrogens with zero attached hydrogens (tertiary/aromatic N) is 2. The van der Waals surface area contributed by atoms with Crippen molar-refractivity contribution in [2.24, 2.45) is 5.10 Å². The highest BCUT2D eigenvalue weighted by molar-refractivity contribution is 7.14. The number of carbonyl (C=O) groups is 2. The molecule has 0 bridgehead atoms. The summed E-state index contributed by atoms with van der Waals surface area (Å²) in [6.07, 6.45) is 1.39. The molecule has 0 aliphatic carbocycles. The van der Waals surface area contributed by atoms with Crippen LogP contribution in [0.15, 0.2) is 95.4 Å². The number of carbonyl (C=O) groups excluding carboxylic acids is 2. The van der Waals surface area contributed by atoms with Crippen molar-refractivity contribution in [1.82, 2.24) is 10.4 Å². The zero-order valence-electron chi connectivity index (χ0n) is 22.5. The standard InChI is InChI=1S/C31H21Cl4N5O3S/c32-23-11-10-22(14-24(23)33)37-28(41)16-43-29-25(34)12-18(13-26(29)35)15-36-40-30(42)20-8-6-19(7-9-20)27-17-44-31(39-27)38-21-4-2-1-3-5-21/h1-15,17H,16H2,(H,37,41)(H,38,39)(H,40,42)/b36-15+. The number of hydrogen-bond acceptors (Lipinski definition) is 7. The molecule has 0 saturated heterocycles. The van der Waals surface area contributed by atoms with Crippen molar-refractivity contribution in [2.75, 3.05) is 17.2 Å². The molecular formula is C31H21Cl4N5O3S. The fourth-order valence-corrected chi connectivity index (χ4v) is 5.48. The van der Waals surface area contributed by atoms with E-state index in [0.29, 0.717) is 26.9 Å². The number of hydrazone groups is 1. The van der Waals surface area contributed by atoms with Gasteiger partial charge in [0.25, 0.3) is 11.8 Å². The fourth-order valence-electron chi connectivity index (χ4n) is 3.83. The van der Waals surface area contributed by atoms with E-state index in [1.54, 1.807) is 36.4 Å². The summed E-state index contributed by atoms with van der Waals surface area (Å²) in [4.78, 5) is 29.5. The number of nitrogens with one attached hydrogen (secondary N) is 3. The number of aromatic nitrogens is 1. The second kappa shape index (κ2) is 14.6. The molecule has 0 fully saturated rings. The zero-order valence-corrected chi connectivity index (χ0v) is 26.3. The highest BCUT2D eigenvalue weighted by atomic mass is 35.5. The lowest BCUT2D eigenvalue weighted by Gasteiger charge is -2.11. The van der Waals surface area contributed by atoms with E-state index in [0.717, 1.165) is 22.1 Å². The SMILES string of the molecule is O=C(COc1c(Cl)cc(/C=N/NC(=O)c2ccc(-c3csc(Nc4ccccc4)n3)cc2)cc1Cl)Nc1ccc(Cl)c(Cl)c1. The molecule has 0 saturated carbocycles. The normalized spacial score (nSPS) is 10.9. The van der Waals surface area contributed by atoms with E-state index in [4.69, 9.17) is 51.1 Å². The molecule has 4 aromatic carbocycles. The maximum atomic E-state index is 12.6. The number of ether oxygens (including phenoxy) is 1. The summed E-state index contributed by atoms with van der Waals surface area (Å²) in [6, 6.07) is 24.6. The van der Waals surface area contributed by atoms with Gasteiger partial charge in [0.1, 0.15) is 0 Å². The third-order valence-electron chi connectivity index (χ3n) is 5.92. The van der Waals surface area contributed by atoms with Crippen molar-refractivity contribution in [3.8, 4) is 17.0 Å². The number of hydrogen-bond donors (Lipinski definition) is 3. The van der Waals surface area contributed by atoms with E-state index >= 15 is 0 Å². The molecule has 0 unspecified atom stereocenters. The Balaban J connectivity index is 1.13. The number of thiazole rings is 1. The molecular weight excluding hydrogens is 664 g/mol. The average Bonchev–Trinajstić information content (AvgIpc) is 3.47. The maximum Gasteiger partial charge on any atom is 0.271 e. The first-order valence-corrected chi connectivity index (χ1v) is 15.2. The van der Waals surface area contributed by atoms with Gasteiger partial charge in [-0.2, -0.15) is 5.10 Å². The highest BCUT2D eigenvalue weighted by Crippen LogP contribution is 2.34. The highest BCUT2D eigenvalue weighted by Gasteiger charge is 2.13. The molecule has 0 atom stereocenters. The minimum atomic E-state index is -0.451. The summed E-state index contributed by atoms with van der Waals surface area (Å²) in [6.45, 7) is -0.351. The third-order valence-corrected chi connectivity index (χ3v) is 7.98. The number of anilines is 3. The van der Waals surface area contributed by atoms with Crippen molar-refractivity contribution in [2.45, 2.75) is 0 Å². The van der Waals surface area contributed by atoms with Gasteiger partial charge in [-0.3, -0.25) is 9.59 Å². The van der Waals surface area contributed by atoms with Crippen molar-refractivity contribution in [3.63, 3.8) is 0 Å². The van der Waals surface area contributed by atoms with E-state index in [2.05, 4.69) is 26.1 Å². The molecule has 2 amide bonds. The Hall–Kier alpha value is -4.12. The van der Waals surface area contributed by atoms with Crippen LogP contribution in [-0.4, -0.2) is 29.6 Å². The quantitative estimate of drug-likeness (QED) is 0.101. The maximum absolute atomic E-state index is 12.6. The molecule has 5 rings (SSSR count). The third kappa shape index (κ3) is 8.28. The molecule has 0 radical (unpaired) electrons. The first kappa shape index (κ1) is 31.3. The summed E-state index contributed by atoms with van der Waals surface area (Å²) in [5, 5.41) is 13.6. The predicted molar refractivity (Wildman–Crippen MR) is 179 cm³/mol. The second-order valence-electron chi connectivity index (χ2n) is 9.08. The lowest BCUT2D eigenvalue weighted by atomic mass is 10.1. The van der Waals surface area contributed by atoms with E-state index < -0.39 is 11.8 Å². The van der Waals surface area contributed by atoms with Crippen molar-refractivity contribution >= 4 is 92.3 Å². The minimum Gasteiger partial charge on any atom is -0.481 e. The molecule has 0 aliphatic heterocycles. The number of amides is 2. The van der Waals surface area contributed by atoms with Crippen LogP contribution in [0.5, 0.6) is 5.75 Å². The first-order chi connectivity index (χ1) is 21.2. The van der Waals surface area contributed by atoms with E-state index in [-0.39, 0.29) is 22.4 Å². The molecule has 5 aromatic rings. The van der Waals surface area contributed by atoms with Gasteiger partial charge < -0.3 is 15.4 Å². The minimum absolute atomic E-state index is 0.127. The Labute approximate surface area is 276 Å². The van der Waals surface area contributed by atoms with Crippen LogP contribution in [0.3, 0.4) is 0 Å². The molecule has 8 nitrogen and oxygen atoms in total. The van der Waals surface area contributed by atoms with Gasteiger partial charge in [0, 0.05) is 27.9 Å². The lowest BCUT2D eigenvalue weighted by molar-refractivity contribution is -0.118. The largest absolute Gasteiger partial charge is 0.481 e. The van der Waals surface area contributed by atoms with Crippen LogP contribution >= 0.6 is 57.7 Å². The molecule has 0 spiro atoms. The van der Waals surface area contributed by atoms with Gasteiger partial charge in [-0.05, 0) is 60.2 Å². The molecule has 3 N–H and O–H groups in total. The Morgan fingerprint density at radius 2 is 1.57 bits per heavy atom. The van der Waals surface area contributed by atoms with E-state index in [1.807, 2.05) is 47.8 Å². The van der Waals surface area contributed by atoms with Crippen LogP contribution in [0.2, 0.25) is 20.1 Å². The van der Waals surface area contributed by atoms with Crippen LogP contribution in [-0.2, 0) is 4.79 Å². The van der Waals surface area contributed by atoms with Crippen molar-refractivity contribution in [3.05, 3.63) is 122 Å². The lowest BCUT2D eigenvalue weighted by Crippen LogP contribution is -2.20. The molecule has 1 aromatic heterocycles. The Bertz CT molecular complexity index is 1810. The summed E-state index contributed by atoms with van der Waals surface area (Å²) in [5.41, 5.74) is 6.49. The second-order valence-corrected chi connectivity index (χ2v) is 11.6. The van der Waals surface area contributed by atoms with E-state index in [1.165, 1.54) is 23.6 Å². The Kier molecular flexibility index (Phi) is 10.4. The first-order valence-electron chi connectivity index (χ1n) is 12.8. The van der Waals surface area contributed by atoms with Crippen LogP contribution in [0.25, 0.3) is 11.3 Å². The summed E-state index contributed by atoms with van der Waals surface area (Å²) in [7, 11) is 0. The molecule has 44 heavy (non-hydrogen) atoms. The summed E-state index contributed by atoms with van der Waals surface area (Å²) < 4.78 is 5.52. The van der Waals surface area contributed by atoms with Crippen LogP contribution < -0.4 is 20.8 Å². The molecule has 13 heteroatoms. The van der Waals surface area contributed by atoms with Gasteiger partial charge in [-0.15, -0.1) is 11.3 Å². The predicted octanol–water partition coefficient (Wildman–Crippen LogP) is 8.95. The monoisotopic (exact) mass is 683 g/mol. The van der Waals surface area contributed by atoms with Gasteiger partial charge >= 0.3 is 0 Å². The van der Waals surface area contributed by atoms with Gasteiger partial charge in [-0.25, -0.2) is 10.4 Å². The smallest absolute Gasteiger partial charge is 0.271 e. The van der Waals surface area contributed by atoms with Gasteiger partial charge in [0.2, 0.25) is 0 Å². The summed E-state index contributed by atoms with van der Waals surface area (Å²) >= 11 is 26.0. The average molecular weight is 685 g/mol. The van der Waals surface area contributed by atoms with Crippen LogP contribution in [0.1, 0.15) is 15.9 Å². The molecule has 222 valence electrons. The topological polar surface area (TPSA) is 105 Å². The zero-order chi connectivity index (χ0) is 31.1. The van der Waals surface area contributed by atoms with Gasteiger partial charge in [0.05, 0.1) is 32.0 Å². The number of halogens is 4. The number of para-hydroxylation sites is 1. The van der Waals surface area contributed by atoms with Gasteiger partial charge in [0.15, 0.2) is 17.5 Å². The van der Waals surface area contributed by atoms with Crippen LogP contribution in [0, 0.1) is 0 Å². The Morgan fingerprint density at radius 1 is 0.841 bits per heavy atom. The number of rotatable bonds is 10. The van der Waals surface area contributed by atoms with E-state index in [9.17, 15) is 9.59 Å². The van der Waals surface area contributed by atoms with Gasteiger partial charge in [-0.1, -0.05) is 76.7 Å². The fraction of sp³-hybridized carbons (Fsp3) is 0.0323. The van der Waals surface area contributed by atoms with Crippen LogP contribution in [0.4, 0.5) is 16.5 Å². The van der Waals surface area contributed by atoms with Crippen molar-refractivity contribution < 1.29 is 14.3 Å². The van der Waals surface area contributed by atoms with Crippen molar-refractivity contribution in [1.29, 1.82) is 0 Å². The molecule has 0 aliphatic rings. The number of benzene rings is 4. The molecule has 1 heterocycles.